The van der Waals surface area contributed by atoms with E-state index in [1.54, 1.807) is 0 Å². The van der Waals surface area contributed by atoms with Crippen LogP contribution in [0.4, 0.5) is 0 Å². The van der Waals surface area contributed by atoms with Crippen LogP contribution in [0.1, 0.15) is 46.0 Å². The molecule has 0 fully saturated rings. The van der Waals surface area contributed by atoms with Gasteiger partial charge in [-0.3, -0.25) is 0 Å². The average molecular weight is 272 g/mol. The van der Waals surface area contributed by atoms with Gasteiger partial charge in [-0.25, -0.2) is 4.79 Å². The van der Waals surface area contributed by atoms with Gasteiger partial charge < -0.3 is 14.2 Å². The fourth-order valence-electron chi connectivity index (χ4n) is 1.37. The van der Waals surface area contributed by atoms with E-state index in [9.17, 15) is 4.79 Å². The van der Waals surface area contributed by atoms with Gasteiger partial charge in [0.05, 0.1) is 6.61 Å². The van der Waals surface area contributed by atoms with Crippen molar-refractivity contribution in [3.8, 4) is 0 Å². The first kappa shape index (κ1) is 18.1. The van der Waals surface area contributed by atoms with Gasteiger partial charge in [-0.05, 0) is 32.1 Å². The number of rotatable bonds is 13. The van der Waals surface area contributed by atoms with Crippen LogP contribution in [-0.4, -0.2) is 39.0 Å². The Kier molecular flexibility index (Phi) is 12.9. The lowest BCUT2D eigenvalue weighted by atomic mass is 10.2. The van der Waals surface area contributed by atoms with Crippen molar-refractivity contribution in [1.82, 2.24) is 0 Å². The summed E-state index contributed by atoms with van der Waals surface area (Å²) in [6.07, 6.45) is 4.90. The summed E-state index contributed by atoms with van der Waals surface area (Å²) in [6.45, 7) is 10.8. The van der Waals surface area contributed by atoms with Gasteiger partial charge >= 0.3 is 5.97 Å². The Balaban J connectivity index is 3.15. The predicted molar refractivity (Wildman–Crippen MR) is 76.2 cm³/mol. The fourth-order valence-corrected chi connectivity index (χ4v) is 1.37. The van der Waals surface area contributed by atoms with Gasteiger partial charge in [-0.15, -0.1) is 0 Å². The highest BCUT2D eigenvalue weighted by molar-refractivity contribution is 5.87. The molecule has 0 N–H and O–H groups in total. The first-order valence-corrected chi connectivity index (χ1v) is 7.22. The highest BCUT2D eigenvalue weighted by atomic mass is 16.6. The number of hydrogen-bond donors (Lipinski definition) is 0. The van der Waals surface area contributed by atoms with Crippen molar-refractivity contribution < 1.29 is 19.0 Å². The van der Waals surface area contributed by atoms with Crippen LogP contribution in [0.3, 0.4) is 0 Å². The third-order valence-corrected chi connectivity index (χ3v) is 2.60. The number of unbranched alkanes of at least 4 members (excludes halogenated alkanes) is 2. The molecule has 0 aromatic heterocycles. The van der Waals surface area contributed by atoms with Crippen LogP contribution in [0.15, 0.2) is 12.2 Å². The molecule has 4 heteroatoms. The smallest absolute Gasteiger partial charge is 0.333 e. The Bertz CT molecular complexity index is 238. The Hall–Kier alpha value is -0.870. The summed E-state index contributed by atoms with van der Waals surface area (Å²) >= 11 is 0. The highest BCUT2D eigenvalue weighted by Crippen LogP contribution is 2.00. The second-order valence-electron chi connectivity index (χ2n) is 4.38. The van der Waals surface area contributed by atoms with Crippen molar-refractivity contribution in [3.63, 3.8) is 0 Å². The standard InChI is InChI=1S/C15H28O4/c1-4-9-17-10-7-6-8-11-18-12-13-19-15(16)14(3)5-2/h3-13H2,1-2H3. The molecule has 0 aliphatic heterocycles. The van der Waals surface area contributed by atoms with Crippen LogP contribution >= 0.6 is 0 Å². The Morgan fingerprint density at radius 1 is 0.895 bits per heavy atom. The maximum Gasteiger partial charge on any atom is 0.333 e. The molecule has 0 aromatic carbocycles. The molecule has 0 unspecified atom stereocenters. The molecule has 0 aliphatic carbocycles. The molecule has 0 amide bonds. The molecule has 0 rings (SSSR count). The summed E-state index contributed by atoms with van der Waals surface area (Å²) in [5, 5.41) is 0. The molecule has 0 radical (unpaired) electrons. The molecule has 0 saturated heterocycles. The van der Waals surface area contributed by atoms with E-state index in [0.717, 1.165) is 38.9 Å². The lowest BCUT2D eigenvalue weighted by molar-refractivity contribution is -0.140. The van der Waals surface area contributed by atoms with Crippen molar-refractivity contribution >= 4 is 5.97 Å². The molecule has 0 saturated carbocycles. The van der Waals surface area contributed by atoms with Crippen molar-refractivity contribution in [2.24, 2.45) is 0 Å². The van der Waals surface area contributed by atoms with E-state index < -0.39 is 0 Å². The summed E-state index contributed by atoms with van der Waals surface area (Å²) in [6, 6.07) is 0. The van der Waals surface area contributed by atoms with Crippen LogP contribution in [0.5, 0.6) is 0 Å². The van der Waals surface area contributed by atoms with Crippen molar-refractivity contribution in [2.45, 2.75) is 46.0 Å². The quantitative estimate of drug-likeness (QED) is 0.293. The van der Waals surface area contributed by atoms with E-state index in [1.807, 2.05) is 6.92 Å². The molecule has 0 spiro atoms. The largest absolute Gasteiger partial charge is 0.460 e. The monoisotopic (exact) mass is 272 g/mol. The number of hydrogen-bond acceptors (Lipinski definition) is 4. The zero-order valence-corrected chi connectivity index (χ0v) is 12.4. The average Bonchev–Trinajstić information content (AvgIpc) is 2.43. The minimum absolute atomic E-state index is 0.303. The molecule has 0 atom stereocenters. The van der Waals surface area contributed by atoms with E-state index in [1.165, 1.54) is 0 Å². The normalized spacial score (nSPS) is 10.4. The number of esters is 1. The van der Waals surface area contributed by atoms with Crippen LogP contribution in [-0.2, 0) is 19.0 Å². The SMILES string of the molecule is C=C(CC)C(=O)OCCOCCCCCOCCC. The van der Waals surface area contributed by atoms with Gasteiger partial charge in [0.2, 0.25) is 0 Å². The predicted octanol–water partition coefficient (Wildman–Crippen LogP) is 3.11. The number of ether oxygens (including phenoxy) is 3. The second-order valence-corrected chi connectivity index (χ2v) is 4.38. The third-order valence-electron chi connectivity index (χ3n) is 2.60. The molecule has 0 bridgehead atoms. The van der Waals surface area contributed by atoms with Gasteiger partial charge in [0, 0.05) is 25.4 Å². The van der Waals surface area contributed by atoms with E-state index >= 15 is 0 Å². The Labute approximate surface area is 117 Å². The summed E-state index contributed by atoms with van der Waals surface area (Å²) < 4.78 is 15.7. The van der Waals surface area contributed by atoms with Gasteiger partial charge in [0.25, 0.3) is 0 Å². The summed E-state index contributed by atoms with van der Waals surface area (Å²) in [5.41, 5.74) is 0.507. The minimum atomic E-state index is -0.320. The second kappa shape index (κ2) is 13.6. The number of carbonyl (C=O) groups excluding carboxylic acids is 1. The zero-order chi connectivity index (χ0) is 14.3. The molecule has 4 nitrogen and oxygen atoms in total. The number of carbonyl (C=O) groups is 1. The van der Waals surface area contributed by atoms with E-state index in [2.05, 4.69) is 13.5 Å². The fraction of sp³-hybridized carbons (Fsp3) is 0.800. The molecule has 19 heavy (non-hydrogen) atoms. The Morgan fingerprint density at radius 3 is 2.11 bits per heavy atom. The van der Waals surface area contributed by atoms with E-state index in [0.29, 0.717) is 31.8 Å². The van der Waals surface area contributed by atoms with E-state index in [-0.39, 0.29) is 5.97 Å². The molecule has 0 aliphatic rings. The lowest BCUT2D eigenvalue weighted by Gasteiger charge is -2.07. The van der Waals surface area contributed by atoms with Gasteiger partial charge in [0.15, 0.2) is 0 Å². The van der Waals surface area contributed by atoms with Crippen molar-refractivity contribution in [1.29, 1.82) is 0 Å². The molecule has 0 heterocycles. The maximum atomic E-state index is 11.2. The summed E-state index contributed by atoms with van der Waals surface area (Å²) in [4.78, 5) is 11.2. The summed E-state index contributed by atoms with van der Waals surface area (Å²) in [5.74, 6) is -0.320. The van der Waals surface area contributed by atoms with E-state index in [4.69, 9.17) is 14.2 Å². The first-order chi connectivity index (χ1) is 9.22. The lowest BCUT2D eigenvalue weighted by Crippen LogP contribution is -2.12. The first-order valence-electron chi connectivity index (χ1n) is 7.22. The molecule has 0 aromatic rings. The van der Waals surface area contributed by atoms with Crippen LogP contribution in [0.2, 0.25) is 0 Å². The van der Waals surface area contributed by atoms with Crippen molar-refractivity contribution in [2.75, 3.05) is 33.0 Å². The van der Waals surface area contributed by atoms with Crippen LogP contribution < -0.4 is 0 Å². The minimum Gasteiger partial charge on any atom is -0.460 e. The zero-order valence-electron chi connectivity index (χ0n) is 12.4. The van der Waals surface area contributed by atoms with Gasteiger partial charge in [0.1, 0.15) is 6.61 Å². The molecular weight excluding hydrogens is 244 g/mol. The Morgan fingerprint density at radius 2 is 1.53 bits per heavy atom. The van der Waals surface area contributed by atoms with Crippen LogP contribution in [0.25, 0.3) is 0 Å². The van der Waals surface area contributed by atoms with Crippen molar-refractivity contribution in [3.05, 3.63) is 12.2 Å². The topological polar surface area (TPSA) is 44.8 Å². The molecular formula is C15H28O4. The van der Waals surface area contributed by atoms with Gasteiger partial charge in [-0.1, -0.05) is 20.4 Å². The molecule has 112 valence electrons. The third kappa shape index (κ3) is 11.9. The van der Waals surface area contributed by atoms with Gasteiger partial charge in [-0.2, -0.15) is 0 Å². The highest BCUT2D eigenvalue weighted by Gasteiger charge is 2.04. The van der Waals surface area contributed by atoms with Crippen LogP contribution in [0, 0.1) is 0 Å². The summed E-state index contributed by atoms with van der Waals surface area (Å²) in [7, 11) is 0. The maximum absolute atomic E-state index is 11.2.